The lowest BCUT2D eigenvalue weighted by Crippen LogP contribution is -2.16. The molecule has 0 radical (unpaired) electrons. The van der Waals surface area contributed by atoms with E-state index in [-0.39, 0.29) is 23.9 Å². The number of hydrogen-bond donors (Lipinski definition) is 0. The van der Waals surface area contributed by atoms with Crippen LogP contribution in [0.3, 0.4) is 0 Å². The summed E-state index contributed by atoms with van der Waals surface area (Å²) >= 11 is 3.22. The minimum Gasteiger partial charge on any atom is -0.492 e. The van der Waals surface area contributed by atoms with Crippen LogP contribution in [0, 0.1) is 5.82 Å². The molecular weight excluding hydrogens is 311 g/mol. The molecule has 1 aromatic carbocycles. The van der Waals surface area contributed by atoms with Crippen molar-refractivity contribution in [2.45, 2.75) is 12.3 Å². The van der Waals surface area contributed by atoms with E-state index < -0.39 is 9.84 Å². The van der Waals surface area contributed by atoms with Gasteiger partial charge in [0.15, 0.2) is 9.84 Å². The van der Waals surface area contributed by atoms with Crippen molar-refractivity contribution in [2.24, 2.45) is 0 Å². The minimum absolute atomic E-state index is 0.0252. The van der Waals surface area contributed by atoms with Crippen molar-refractivity contribution in [2.75, 3.05) is 18.1 Å². The molecule has 0 saturated heterocycles. The van der Waals surface area contributed by atoms with Crippen LogP contribution < -0.4 is 4.74 Å². The van der Waals surface area contributed by atoms with E-state index in [9.17, 15) is 12.8 Å². The summed E-state index contributed by atoms with van der Waals surface area (Å²) in [5.74, 6) is 0.246. The zero-order valence-electron chi connectivity index (χ0n) is 9.45. The van der Waals surface area contributed by atoms with E-state index in [0.717, 1.165) is 0 Å². The Balaban J connectivity index is 2.64. The standard InChI is InChI=1S/C11H14BrFO3S/c1-2-17(14,15)6-5-16-11-4-3-10(13)7-9(11)8-12/h3-4,7H,2,5-6,8H2,1H3. The van der Waals surface area contributed by atoms with Crippen molar-refractivity contribution in [1.82, 2.24) is 0 Å². The van der Waals surface area contributed by atoms with Crippen LogP contribution in [0.4, 0.5) is 4.39 Å². The van der Waals surface area contributed by atoms with Crippen LogP contribution in [0.15, 0.2) is 18.2 Å². The predicted molar refractivity (Wildman–Crippen MR) is 68.9 cm³/mol. The molecule has 0 aliphatic carbocycles. The van der Waals surface area contributed by atoms with E-state index in [4.69, 9.17) is 4.74 Å². The molecule has 0 spiro atoms. The number of hydrogen-bond acceptors (Lipinski definition) is 3. The minimum atomic E-state index is -3.03. The topological polar surface area (TPSA) is 43.4 Å². The number of benzene rings is 1. The average Bonchev–Trinajstić information content (AvgIpc) is 2.30. The summed E-state index contributed by atoms with van der Waals surface area (Å²) in [6.45, 7) is 1.68. The molecule has 6 heteroatoms. The highest BCUT2D eigenvalue weighted by Gasteiger charge is 2.09. The Morgan fingerprint density at radius 2 is 2.12 bits per heavy atom. The third-order valence-electron chi connectivity index (χ3n) is 2.26. The van der Waals surface area contributed by atoms with Gasteiger partial charge in [-0.15, -0.1) is 0 Å². The van der Waals surface area contributed by atoms with Crippen LogP contribution in [0.1, 0.15) is 12.5 Å². The highest BCUT2D eigenvalue weighted by atomic mass is 79.9. The molecule has 0 amide bonds. The fraction of sp³-hybridized carbons (Fsp3) is 0.455. The molecular formula is C11H14BrFO3S. The van der Waals surface area contributed by atoms with Crippen LogP contribution in [0.5, 0.6) is 5.75 Å². The first-order chi connectivity index (χ1) is 7.98. The summed E-state index contributed by atoms with van der Waals surface area (Å²) in [6.07, 6.45) is 0. The van der Waals surface area contributed by atoms with Crippen molar-refractivity contribution in [1.29, 1.82) is 0 Å². The zero-order chi connectivity index (χ0) is 12.9. The Hall–Kier alpha value is -0.620. The third-order valence-corrected chi connectivity index (χ3v) is 4.53. The largest absolute Gasteiger partial charge is 0.492 e. The van der Waals surface area contributed by atoms with Crippen LogP contribution >= 0.6 is 15.9 Å². The van der Waals surface area contributed by atoms with Gasteiger partial charge in [-0.2, -0.15) is 0 Å². The average molecular weight is 325 g/mol. The van der Waals surface area contributed by atoms with E-state index in [1.165, 1.54) is 18.2 Å². The third kappa shape index (κ3) is 4.63. The Bertz CT molecular complexity index is 474. The van der Waals surface area contributed by atoms with Crippen molar-refractivity contribution < 1.29 is 17.5 Å². The fourth-order valence-electron chi connectivity index (χ4n) is 1.22. The molecule has 0 aromatic heterocycles. The van der Waals surface area contributed by atoms with Gasteiger partial charge in [0.05, 0.1) is 5.75 Å². The van der Waals surface area contributed by atoms with Gasteiger partial charge < -0.3 is 4.74 Å². The lowest BCUT2D eigenvalue weighted by molar-refractivity contribution is 0.337. The van der Waals surface area contributed by atoms with Crippen LogP contribution in [-0.4, -0.2) is 26.5 Å². The molecule has 0 unspecified atom stereocenters. The Morgan fingerprint density at radius 3 is 2.71 bits per heavy atom. The van der Waals surface area contributed by atoms with Crippen LogP contribution in [-0.2, 0) is 15.2 Å². The monoisotopic (exact) mass is 324 g/mol. The van der Waals surface area contributed by atoms with Crippen molar-refractivity contribution in [3.63, 3.8) is 0 Å². The molecule has 0 saturated carbocycles. The first-order valence-electron chi connectivity index (χ1n) is 5.16. The Morgan fingerprint density at radius 1 is 1.41 bits per heavy atom. The lowest BCUT2D eigenvalue weighted by Gasteiger charge is -2.09. The normalized spacial score (nSPS) is 11.5. The van der Waals surface area contributed by atoms with Gasteiger partial charge in [0.2, 0.25) is 0 Å². The maximum atomic E-state index is 12.9. The molecule has 0 aliphatic heterocycles. The molecule has 0 aliphatic rings. The maximum Gasteiger partial charge on any atom is 0.153 e. The highest BCUT2D eigenvalue weighted by molar-refractivity contribution is 9.08. The van der Waals surface area contributed by atoms with Crippen LogP contribution in [0.2, 0.25) is 0 Å². The molecule has 0 atom stereocenters. The van der Waals surface area contributed by atoms with Crippen molar-refractivity contribution >= 4 is 25.8 Å². The van der Waals surface area contributed by atoms with Gasteiger partial charge in [-0.25, -0.2) is 12.8 Å². The molecule has 0 heterocycles. The molecule has 1 rings (SSSR count). The predicted octanol–water partition coefficient (Wildman–Crippen LogP) is 2.53. The summed E-state index contributed by atoms with van der Waals surface area (Å²) in [4.78, 5) is 0. The fourth-order valence-corrected chi connectivity index (χ4v) is 2.28. The summed E-state index contributed by atoms with van der Waals surface area (Å²) in [5, 5.41) is 0.459. The van der Waals surface area contributed by atoms with Gasteiger partial charge in [0.25, 0.3) is 0 Å². The second-order valence-corrected chi connectivity index (χ2v) is 6.50. The van der Waals surface area contributed by atoms with E-state index in [2.05, 4.69) is 15.9 Å². The smallest absolute Gasteiger partial charge is 0.153 e. The Labute approximate surface area is 109 Å². The molecule has 0 fully saturated rings. The molecule has 3 nitrogen and oxygen atoms in total. The van der Waals surface area contributed by atoms with Gasteiger partial charge in [-0.05, 0) is 18.2 Å². The number of ether oxygens (including phenoxy) is 1. The summed E-state index contributed by atoms with van der Waals surface area (Å²) in [6, 6.07) is 4.15. The van der Waals surface area contributed by atoms with Gasteiger partial charge in [-0.3, -0.25) is 0 Å². The lowest BCUT2D eigenvalue weighted by atomic mass is 10.2. The van der Waals surface area contributed by atoms with Crippen molar-refractivity contribution in [3.8, 4) is 5.75 Å². The van der Waals surface area contributed by atoms with Crippen molar-refractivity contribution in [3.05, 3.63) is 29.6 Å². The van der Waals surface area contributed by atoms with Crippen LogP contribution in [0.25, 0.3) is 0 Å². The molecule has 1 aromatic rings. The van der Waals surface area contributed by atoms with Gasteiger partial charge in [0, 0.05) is 16.6 Å². The molecule has 96 valence electrons. The molecule has 0 N–H and O–H groups in total. The molecule has 0 bridgehead atoms. The van der Waals surface area contributed by atoms with Gasteiger partial charge in [-0.1, -0.05) is 22.9 Å². The maximum absolute atomic E-state index is 12.9. The SMILES string of the molecule is CCS(=O)(=O)CCOc1ccc(F)cc1CBr. The second-order valence-electron chi connectivity index (χ2n) is 3.47. The first-order valence-corrected chi connectivity index (χ1v) is 8.10. The molecule has 17 heavy (non-hydrogen) atoms. The zero-order valence-corrected chi connectivity index (χ0v) is 11.9. The number of alkyl halides is 1. The summed E-state index contributed by atoms with van der Waals surface area (Å²) in [7, 11) is -3.03. The number of rotatable bonds is 6. The van der Waals surface area contributed by atoms with E-state index in [0.29, 0.717) is 16.6 Å². The Kier molecular flexibility index (Phi) is 5.39. The van der Waals surface area contributed by atoms with E-state index in [1.807, 2.05) is 0 Å². The first kappa shape index (κ1) is 14.4. The van der Waals surface area contributed by atoms with Gasteiger partial charge in [0.1, 0.15) is 18.2 Å². The van der Waals surface area contributed by atoms with E-state index in [1.54, 1.807) is 6.92 Å². The second kappa shape index (κ2) is 6.35. The van der Waals surface area contributed by atoms with E-state index >= 15 is 0 Å². The highest BCUT2D eigenvalue weighted by Crippen LogP contribution is 2.22. The number of sulfone groups is 1. The van der Waals surface area contributed by atoms with Gasteiger partial charge >= 0.3 is 0 Å². The summed E-state index contributed by atoms with van der Waals surface area (Å²) < 4.78 is 40.8. The quantitative estimate of drug-likeness (QED) is 0.755. The number of halogens is 2. The summed E-state index contributed by atoms with van der Waals surface area (Å²) in [5.41, 5.74) is 0.666.